The number of aliphatic hydroxyl groups excluding tert-OH is 1. The molecule has 0 aromatic heterocycles. The van der Waals surface area contributed by atoms with Gasteiger partial charge in [-0.1, -0.05) is 72.8 Å². The zero-order valence-corrected chi connectivity index (χ0v) is 14.2. The largest absolute Gasteiger partial charge is 0.392 e. The van der Waals surface area contributed by atoms with Gasteiger partial charge in [0.25, 0.3) is 0 Å². The van der Waals surface area contributed by atoms with E-state index in [1.165, 1.54) is 21.9 Å². The molecule has 2 heteroatoms. The minimum atomic E-state index is -0.331. The molecule has 2 N–H and O–H groups in total. The van der Waals surface area contributed by atoms with Crippen LogP contribution >= 0.6 is 0 Å². The first-order chi connectivity index (χ1) is 11.7. The van der Waals surface area contributed by atoms with Crippen LogP contribution < -0.4 is 5.32 Å². The van der Waals surface area contributed by atoms with Crippen LogP contribution in [0.2, 0.25) is 0 Å². The lowest BCUT2D eigenvalue weighted by Crippen LogP contribution is -2.29. The normalized spacial score (nSPS) is 13.8. The van der Waals surface area contributed by atoms with Crippen molar-refractivity contribution in [3.05, 3.63) is 83.9 Å². The lowest BCUT2D eigenvalue weighted by atomic mass is 9.99. The van der Waals surface area contributed by atoms with Crippen LogP contribution in [0.25, 0.3) is 10.8 Å². The molecule has 1 unspecified atom stereocenters. The maximum atomic E-state index is 10.3. The van der Waals surface area contributed by atoms with E-state index in [9.17, 15) is 5.11 Å². The summed E-state index contributed by atoms with van der Waals surface area (Å²) in [4.78, 5) is 0. The molecule has 0 spiro atoms. The van der Waals surface area contributed by atoms with E-state index in [-0.39, 0.29) is 12.1 Å². The fraction of sp³-hybridized carbons (Fsp3) is 0.273. The minimum absolute atomic E-state index is 0.211. The molecule has 0 saturated heterocycles. The Morgan fingerprint density at radius 2 is 1.58 bits per heavy atom. The molecule has 0 amide bonds. The summed E-state index contributed by atoms with van der Waals surface area (Å²) in [5.41, 5.74) is 2.56. The average Bonchev–Trinajstić information content (AvgIpc) is 2.64. The number of rotatable bonds is 7. The van der Waals surface area contributed by atoms with Crippen molar-refractivity contribution in [1.29, 1.82) is 0 Å². The number of benzene rings is 3. The first-order valence-corrected chi connectivity index (χ1v) is 8.67. The highest BCUT2D eigenvalue weighted by molar-refractivity contribution is 5.86. The predicted molar refractivity (Wildman–Crippen MR) is 101 cm³/mol. The van der Waals surface area contributed by atoms with Gasteiger partial charge in [0.2, 0.25) is 0 Å². The Morgan fingerprint density at radius 3 is 2.42 bits per heavy atom. The Kier molecular flexibility index (Phi) is 5.63. The number of hydrogen-bond acceptors (Lipinski definition) is 2. The van der Waals surface area contributed by atoms with Crippen molar-refractivity contribution in [3.8, 4) is 0 Å². The molecular weight excluding hydrogens is 294 g/mol. The quantitative estimate of drug-likeness (QED) is 0.673. The van der Waals surface area contributed by atoms with Crippen LogP contribution in [0.5, 0.6) is 0 Å². The van der Waals surface area contributed by atoms with Crippen molar-refractivity contribution in [1.82, 2.24) is 5.32 Å². The van der Waals surface area contributed by atoms with Gasteiger partial charge >= 0.3 is 0 Å². The van der Waals surface area contributed by atoms with Crippen LogP contribution in [0.3, 0.4) is 0 Å². The fourth-order valence-electron chi connectivity index (χ4n) is 3.13. The molecule has 3 aromatic carbocycles. The van der Waals surface area contributed by atoms with Crippen molar-refractivity contribution >= 4 is 10.8 Å². The SMILES string of the molecule is C[C@H](NCC(O)CCc1ccccc1)c1cccc2ccccc12. The monoisotopic (exact) mass is 319 g/mol. The standard InChI is InChI=1S/C22H25NO/c1-17(21-13-7-11-19-10-5-6-12-22(19)21)23-16-20(24)15-14-18-8-3-2-4-9-18/h2-13,17,20,23-24H,14-16H2,1H3/t17-,20?/m0/s1. The van der Waals surface area contributed by atoms with E-state index in [1.54, 1.807) is 0 Å². The summed E-state index contributed by atoms with van der Waals surface area (Å²) in [7, 11) is 0. The summed E-state index contributed by atoms with van der Waals surface area (Å²) in [6.45, 7) is 2.77. The van der Waals surface area contributed by atoms with E-state index in [4.69, 9.17) is 0 Å². The van der Waals surface area contributed by atoms with Crippen molar-refractivity contribution < 1.29 is 5.11 Å². The summed E-state index contributed by atoms with van der Waals surface area (Å²) >= 11 is 0. The molecule has 3 rings (SSSR count). The molecule has 0 bridgehead atoms. The molecule has 2 atom stereocenters. The Hall–Kier alpha value is -2.16. The second-order valence-corrected chi connectivity index (χ2v) is 6.38. The summed E-state index contributed by atoms with van der Waals surface area (Å²) < 4.78 is 0. The summed E-state index contributed by atoms with van der Waals surface area (Å²) in [5.74, 6) is 0. The highest BCUT2D eigenvalue weighted by atomic mass is 16.3. The highest BCUT2D eigenvalue weighted by Crippen LogP contribution is 2.24. The van der Waals surface area contributed by atoms with Crippen LogP contribution in [0.15, 0.2) is 72.8 Å². The van der Waals surface area contributed by atoms with Gasteiger partial charge in [-0.15, -0.1) is 0 Å². The second-order valence-electron chi connectivity index (χ2n) is 6.38. The van der Waals surface area contributed by atoms with Gasteiger partial charge in [0.15, 0.2) is 0 Å². The minimum Gasteiger partial charge on any atom is -0.392 e. The summed E-state index contributed by atoms with van der Waals surface area (Å²) in [5, 5.41) is 16.3. The zero-order valence-electron chi connectivity index (χ0n) is 14.2. The van der Waals surface area contributed by atoms with Gasteiger partial charge in [0.05, 0.1) is 6.10 Å². The van der Waals surface area contributed by atoms with E-state index < -0.39 is 0 Å². The third kappa shape index (κ3) is 4.22. The van der Waals surface area contributed by atoms with Gasteiger partial charge in [-0.25, -0.2) is 0 Å². The third-order valence-electron chi connectivity index (χ3n) is 4.56. The van der Waals surface area contributed by atoms with Gasteiger partial charge in [-0.3, -0.25) is 0 Å². The van der Waals surface area contributed by atoms with Crippen LogP contribution in [-0.2, 0) is 6.42 Å². The van der Waals surface area contributed by atoms with Gasteiger partial charge in [0, 0.05) is 12.6 Å². The Morgan fingerprint density at radius 1 is 0.875 bits per heavy atom. The fourth-order valence-corrected chi connectivity index (χ4v) is 3.13. The molecule has 0 heterocycles. The third-order valence-corrected chi connectivity index (χ3v) is 4.56. The molecule has 24 heavy (non-hydrogen) atoms. The number of aryl methyl sites for hydroxylation is 1. The van der Waals surface area contributed by atoms with Crippen molar-refractivity contribution in [2.24, 2.45) is 0 Å². The number of nitrogens with one attached hydrogen (secondary N) is 1. The molecule has 0 saturated carbocycles. The Balaban J connectivity index is 1.55. The van der Waals surface area contributed by atoms with E-state index >= 15 is 0 Å². The van der Waals surface area contributed by atoms with Gasteiger partial charge in [0.1, 0.15) is 0 Å². The molecule has 124 valence electrons. The summed E-state index contributed by atoms with van der Waals surface area (Å²) in [6.07, 6.45) is 1.36. The van der Waals surface area contributed by atoms with Crippen LogP contribution in [-0.4, -0.2) is 17.8 Å². The van der Waals surface area contributed by atoms with Crippen molar-refractivity contribution in [2.45, 2.75) is 31.9 Å². The van der Waals surface area contributed by atoms with Gasteiger partial charge in [-0.2, -0.15) is 0 Å². The van der Waals surface area contributed by atoms with Crippen molar-refractivity contribution in [3.63, 3.8) is 0 Å². The van der Waals surface area contributed by atoms with Crippen LogP contribution in [0.1, 0.15) is 30.5 Å². The smallest absolute Gasteiger partial charge is 0.0668 e. The van der Waals surface area contributed by atoms with Crippen molar-refractivity contribution in [2.75, 3.05) is 6.54 Å². The molecule has 2 nitrogen and oxygen atoms in total. The topological polar surface area (TPSA) is 32.3 Å². The van der Waals surface area contributed by atoms with Gasteiger partial charge < -0.3 is 10.4 Å². The molecular formula is C22H25NO. The van der Waals surface area contributed by atoms with E-state index in [1.807, 2.05) is 18.2 Å². The first-order valence-electron chi connectivity index (χ1n) is 8.67. The van der Waals surface area contributed by atoms with E-state index in [2.05, 4.69) is 66.8 Å². The molecule has 0 radical (unpaired) electrons. The maximum Gasteiger partial charge on any atom is 0.0668 e. The van der Waals surface area contributed by atoms with E-state index in [0.717, 1.165) is 12.8 Å². The second kappa shape index (κ2) is 8.09. The molecule has 0 aliphatic carbocycles. The molecule has 0 fully saturated rings. The number of hydrogen-bond donors (Lipinski definition) is 2. The molecule has 3 aromatic rings. The predicted octanol–water partition coefficient (Wildman–Crippen LogP) is 4.48. The number of fused-ring (bicyclic) bond motifs is 1. The maximum absolute atomic E-state index is 10.3. The first kappa shape index (κ1) is 16.7. The van der Waals surface area contributed by atoms with Gasteiger partial charge in [-0.05, 0) is 41.7 Å². The average molecular weight is 319 g/mol. The Labute approximate surface area is 144 Å². The summed E-state index contributed by atoms with van der Waals surface area (Å²) in [6, 6.07) is 25.4. The number of aliphatic hydroxyl groups is 1. The lowest BCUT2D eigenvalue weighted by Gasteiger charge is -2.19. The van der Waals surface area contributed by atoms with Crippen LogP contribution in [0.4, 0.5) is 0 Å². The van der Waals surface area contributed by atoms with E-state index in [0.29, 0.717) is 6.54 Å². The molecule has 0 aliphatic rings. The Bertz CT molecular complexity index is 764. The van der Waals surface area contributed by atoms with Crippen LogP contribution in [0, 0.1) is 0 Å². The highest BCUT2D eigenvalue weighted by Gasteiger charge is 2.11. The molecule has 0 aliphatic heterocycles. The zero-order chi connectivity index (χ0) is 16.8. The lowest BCUT2D eigenvalue weighted by molar-refractivity contribution is 0.158.